The molecule has 0 saturated carbocycles. The van der Waals surface area contributed by atoms with Crippen molar-refractivity contribution in [3.63, 3.8) is 0 Å². The molecular formula is C34H26N2O3. The number of anilines is 4. The summed E-state index contributed by atoms with van der Waals surface area (Å²) in [5, 5.41) is 6.89. The zero-order chi connectivity index (χ0) is 26.6. The van der Waals surface area contributed by atoms with Crippen molar-refractivity contribution >= 4 is 28.7 Å². The molecule has 0 aromatic heterocycles. The number of para-hydroxylation sites is 1. The highest BCUT2D eigenvalue weighted by Gasteiger charge is 2.53. The third-order valence-corrected chi connectivity index (χ3v) is 7.56. The highest BCUT2D eigenvalue weighted by molar-refractivity contribution is 5.97. The van der Waals surface area contributed by atoms with Crippen molar-refractivity contribution in [3.8, 4) is 11.5 Å². The van der Waals surface area contributed by atoms with Gasteiger partial charge in [0.2, 0.25) is 0 Å². The number of hydrogen-bond donors (Lipinski definition) is 2. The molecule has 5 nitrogen and oxygen atoms in total. The summed E-state index contributed by atoms with van der Waals surface area (Å²) in [6.45, 7) is 4.12. The van der Waals surface area contributed by atoms with E-state index in [1.807, 2.05) is 103 Å². The van der Waals surface area contributed by atoms with E-state index in [1.165, 1.54) is 0 Å². The van der Waals surface area contributed by atoms with Crippen molar-refractivity contribution in [2.24, 2.45) is 0 Å². The Balaban J connectivity index is 1.26. The molecule has 2 aliphatic heterocycles. The van der Waals surface area contributed by atoms with Gasteiger partial charge < -0.3 is 20.1 Å². The summed E-state index contributed by atoms with van der Waals surface area (Å²) in [6, 6.07) is 35.9. The van der Waals surface area contributed by atoms with Gasteiger partial charge in [-0.2, -0.15) is 0 Å². The van der Waals surface area contributed by atoms with Crippen LogP contribution in [0.15, 0.2) is 109 Å². The van der Waals surface area contributed by atoms with Crippen LogP contribution >= 0.6 is 0 Å². The van der Waals surface area contributed by atoms with Crippen LogP contribution in [0.5, 0.6) is 11.5 Å². The number of carbonyl (C=O) groups excluding carboxylic acids is 1. The third kappa shape index (κ3) is 3.74. The van der Waals surface area contributed by atoms with Crippen LogP contribution in [0.4, 0.5) is 22.7 Å². The SMILES string of the molecule is Cc1cc2c(cc1C)C1(OC(=O)c3ccccc31)c1ccc(Nc3ccc(Nc4ccccc4)cc3)cc1O2. The van der Waals surface area contributed by atoms with Gasteiger partial charge in [0.05, 0.1) is 5.56 Å². The summed E-state index contributed by atoms with van der Waals surface area (Å²) >= 11 is 0. The Morgan fingerprint density at radius 3 is 1.92 bits per heavy atom. The van der Waals surface area contributed by atoms with E-state index in [-0.39, 0.29) is 5.97 Å². The fraction of sp³-hybridized carbons (Fsp3) is 0.0882. The van der Waals surface area contributed by atoms with Crippen molar-refractivity contribution < 1.29 is 14.3 Å². The molecule has 0 bridgehead atoms. The Labute approximate surface area is 227 Å². The molecule has 0 radical (unpaired) electrons. The number of rotatable bonds is 4. The maximum Gasteiger partial charge on any atom is 0.340 e. The second kappa shape index (κ2) is 8.77. The molecule has 2 heterocycles. The van der Waals surface area contributed by atoms with E-state index >= 15 is 0 Å². The lowest BCUT2D eigenvalue weighted by atomic mass is 9.77. The van der Waals surface area contributed by atoms with Crippen LogP contribution in [0.1, 0.15) is 38.2 Å². The van der Waals surface area contributed by atoms with E-state index in [4.69, 9.17) is 9.47 Å². The van der Waals surface area contributed by atoms with Crippen molar-refractivity contribution in [3.05, 3.63) is 143 Å². The molecule has 5 aromatic rings. The van der Waals surface area contributed by atoms with Gasteiger partial charge in [0.15, 0.2) is 5.60 Å². The summed E-state index contributed by atoms with van der Waals surface area (Å²) in [6.07, 6.45) is 0. The highest BCUT2D eigenvalue weighted by Crippen LogP contribution is 2.56. The van der Waals surface area contributed by atoms with E-state index in [2.05, 4.69) is 30.5 Å². The number of benzene rings is 5. The standard InChI is InChI=1S/C34H26N2O3/c1-21-18-30-31(19-22(21)2)38-32-20-26(36-25-14-12-24(13-15-25)35-23-8-4-3-5-9-23)16-17-29(32)34(30)28-11-7-6-10-27(28)33(37)39-34/h3-20,35-36H,1-2H3. The van der Waals surface area contributed by atoms with Crippen molar-refractivity contribution in [2.75, 3.05) is 10.6 Å². The van der Waals surface area contributed by atoms with Gasteiger partial charge in [-0.25, -0.2) is 4.79 Å². The number of hydrogen-bond acceptors (Lipinski definition) is 5. The van der Waals surface area contributed by atoms with Gasteiger partial charge in [0.1, 0.15) is 11.5 Å². The first-order valence-electron chi connectivity index (χ1n) is 13.0. The zero-order valence-electron chi connectivity index (χ0n) is 21.6. The van der Waals surface area contributed by atoms with Gasteiger partial charge in [0.25, 0.3) is 0 Å². The third-order valence-electron chi connectivity index (χ3n) is 7.56. The molecule has 7 rings (SSSR count). The Morgan fingerprint density at radius 2 is 1.15 bits per heavy atom. The van der Waals surface area contributed by atoms with Crippen LogP contribution in [0.3, 0.4) is 0 Å². The zero-order valence-corrected chi connectivity index (χ0v) is 21.6. The highest BCUT2D eigenvalue weighted by atomic mass is 16.6. The molecule has 1 spiro atoms. The average Bonchev–Trinajstić information content (AvgIpc) is 3.24. The fourth-order valence-electron chi connectivity index (χ4n) is 5.50. The first-order chi connectivity index (χ1) is 19.0. The Hall–Kier alpha value is -5.03. The minimum Gasteiger partial charge on any atom is -0.456 e. The lowest BCUT2D eigenvalue weighted by Crippen LogP contribution is -2.33. The Morgan fingerprint density at radius 1 is 0.564 bits per heavy atom. The molecule has 39 heavy (non-hydrogen) atoms. The summed E-state index contributed by atoms with van der Waals surface area (Å²) in [7, 11) is 0. The smallest absolute Gasteiger partial charge is 0.340 e. The van der Waals surface area contributed by atoms with E-state index < -0.39 is 5.60 Å². The van der Waals surface area contributed by atoms with E-state index in [1.54, 1.807) is 0 Å². The fourth-order valence-corrected chi connectivity index (χ4v) is 5.50. The lowest BCUT2D eigenvalue weighted by Gasteiger charge is -2.37. The molecule has 5 aromatic carbocycles. The maximum atomic E-state index is 13.1. The van der Waals surface area contributed by atoms with E-state index in [0.717, 1.165) is 50.6 Å². The number of aryl methyl sites for hydroxylation is 2. The van der Waals surface area contributed by atoms with Gasteiger partial charge in [-0.3, -0.25) is 0 Å². The molecule has 5 heteroatoms. The monoisotopic (exact) mass is 510 g/mol. The molecule has 2 aliphatic rings. The van der Waals surface area contributed by atoms with Crippen molar-refractivity contribution in [1.82, 2.24) is 0 Å². The van der Waals surface area contributed by atoms with Gasteiger partial charge in [0, 0.05) is 45.5 Å². The van der Waals surface area contributed by atoms with Crippen LogP contribution in [-0.2, 0) is 10.3 Å². The van der Waals surface area contributed by atoms with Crippen LogP contribution in [0, 0.1) is 13.8 Å². The minimum absolute atomic E-state index is 0.325. The summed E-state index contributed by atoms with van der Waals surface area (Å²) in [5.41, 5.74) is 8.12. The summed E-state index contributed by atoms with van der Waals surface area (Å²) in [4.78, 5) is 13.1. The Bertz CT molecular complexity index is 1750. The molecule has 0 amide bonds. The average molecular weight is 511 g/mol. The predicted molar refractivity (Wildman–Crippen MR) is 154 cm³/mol. The molecule has 0 saturated heterocycles. The number of ether oxygens (including phenoxy) is 2. The number of esters is 1. The van der Waals surface area contributed by atoms with Gasteiger partial charge >= 0.3 is 5.97 Å². The topological polar surface area (TPSA) is 59.6 Å². The molecular weight excluding hydrogens is 484 g/mol. The van der Waals surface area contributed by atoms with Gasteiger partial charge in [-0.05, 0) is 91.7 Å². The largest absolute Gasteiger partial charge is 0.456 e. The molecule has 190 valence electrons. The van der Waals surface area contributed by atoms with Crippen molar-refractivity contribution in [2.45, 2.75) is 19.4 Å². The lowest BCUT2D eigenvalue weighted by molar-refractivity contribution is 0.0224. The molecule has 0 aliphatic carbocycles. The first-order valence-corrected chi connectivity index (χ1v) is 13.0. The van der Waals surface area contributed by atoms with Crippen LogP contribution < -0.4 is 15.4 Å². The predicted octanol–water partition coefficient (Wildman–Crippen LogP) is 8.36. The molecule has 0 fully saturated rings. The van der Waals surface area contributed by atoms with Crippen LogP contribution in [0.2, 0.25) is 0 Å². The second-order valence-electron chi connectivity index (χ2n) is 10.1. The van der Waals surface area contributed by atoms with Crippen molar-refractivity contribution in [1.29, 1.82) is 0 Å². The number of nitrogens with one attached hydrogen (secondary N) is 2. The van der Waals surface area contributed by atoms with Gasteiger partial charge in [-0.1, -0.05) is 36.4 Å². The summed E-state index contributed by atoms with van der Waals surface area (Å²) < 4.78 is 12.8. The molecule has 1 unspecified atom stereocenters. The van der Waals surface area contributed by atoms with Crippen LogP contribution in [-0.4, -0.2) is 5.97 Å². The second-order valence-corrected chi connectivity index (χ2v) is 10.1. The van der Waals surface area contributed by atoms with Crippen LogP contribution in [0.25, 0.3) is 0 Å². The van der Waals surface area contributed by atoms with Gasteiger partial charge in [-0.15, -0.1) is 0 Å². The molecule has 2 N–H and O–H groups in total. The van der Waals surface area contributed by atoms with E-state index in [0.29, 0.717) is 17.1 Å². The number of fused-ring (bicyclic) bond motifs is 6. The quantitative estimate of drug-likeness (QED) is 0.238. The Kier molecular flexibility index (Phi) is 5.20. The number of carbonyl (C=O) groups is 1. The molecule has 1 atom stereocenters. The maximum absolute atomic E-state index is 13.1. The first kappa shape index (κ1) is 23.1. The normalized spacial score (nSPS) is 16.5. The minimum atomic E-state index is -1.06. The van der Waals surface area contributed by atoms with E-state index in [9.17, 15) is 4.79 Å². The summed E-state index contributed by atoms with van der Waals surface area (Å²) in [5.74, 6) is 1.03.